The summed E-state index contributed by atoms with van der Waals surface area (Å²) in [6.07, 6.45) is 5.67. The van der Waals surface area contributed by atoms with E-state index >= 15 is 0 Å². The number of nitriles is 1. The largest absolute Gasteiger partial charge is 0.365 e. The van der Waals surface area contributed by atoms with E-state index in [1.54, 1.807) is 0 Å². The van der Waals surface area contributed by atoms with Crippen LogP contribution in [0.2, 0.25) is 0 Å². The summed E-state index contributed by atoms with van der Waals surface area (Å²) >= 11 is 0. The number of pyridine rings is 1. The molecule has 0 saturated carbocycles. The Morgan fingerprint density at radius 3 is 3.06 bits per heavy atom. The zero-order chi connectivity index (χ0) is 12.4. The predicted molar refractivity (Wildman–Crippen MR) is 70.5 cm³/mol. The average Bonchev–Trinajstić information content (AvgIpc) is 2.91. The molecule has 1 aliphatic carbocycles. The van der Waals surface area contributed by atoms with Gasteiger partial charge >= 0.3 is 0 Å². The summed E-state index contributed by atoms with van der Waals surface area (Å²) in [5.74, 6) is 0.784. The minimum atomic E-state index is 0.409. The van der Waals surface area contributed by atoms with E-state index in [0.29, 0.717) is 11.6 Å². The lowest BCUT2D eigenvalue weighted by atomic mass is 9.95. The lowest BCUT2D eigenvalue weighted by Crippen LogP contribution is -2.24. The van der Waals surface area contributed by atoms with E-state index in [0.717, 1.165) is 38.2 Å². The number of nitrogens with one attached hydrogen (secondary N) is 2. The Morgan fingerprint density at radius 1 is 1.39 bits per heavy atom. The third kappa shape index (κ3) is 2.19. The molecule has 94 valence electrons. The third-order valence-corrected chi connectivity index (χ3v) is 3.82. The quantitative estimate of drug-likeness (QED) is 0.827. The predicted octanol–water partition coefficient (Wildman–Crippen LogP) is 1.61. The maximum Gasteiger partial charge on any atom is 0.144 e. The molecule has 0 bridgehead atoms. The van der Waals surface area contributed by atoms with Crippen molar-refractivity contribution in [2.24, 2.45) is 0 Å². The van der Waals surface area contributed by atoms with Crippen molar-refractivity contribution in [1.29, 1.82) is 5.26 Å². The fraction of sp³-hybridized carbons (Fsp3) is 0.571. The van der Waals surface area contributed by atoms with E-state index in [1.165, 1.54) is 24.1 Å². The molecule has 0 amide bonds. The Kier molecular flexibility index (Phi) is 3.16. The van der Waals surface area contributed by atoms with Gasteiger partial charge in [-0.25, -0.2) is 4.98 Å². The SMILES string of the molecule is N#Cc1cc2c(nc1NC1CCNC1)CCCC2. The number of anilines is 1. The summed E-state index contributed by atoms with van der Waals surface area (Å²) in [5, 5.41) is 16.0. The van der Waals surface area contributed by atoms with Crippen molar-refractivity contribution in [3.05, 3.63) is 22.9 Å². The molecule has 2 heterocycles. The number of fused-ring (bicyclic) bond motifs is 1. The van der Waals surface area contributed by atoms with Crippen LogP contribution in [0.15, 0.2) is 6.07 Å². The molecule has 1 aromatic rings. The normalized spacial score (nSPS) is 22.3. The second-order valence-electron chi connectivity index (χ2n) is 5.14. The second kappa shape index (κ2) is 4.95. The zero-order valence-corrected chi connectivity index (χ0v) is 10.5. The monoisotopic (exact) mass is 242 g/mol. The fourth-order valence-corrected chi connectivity index (χ4v) is 2.80. The van der Waals surface area contributed by atoms with E-state index in [4.69, 9.17) is 0 Å². The van der Waals surface area contributed by atoms with E-state index in [9.17, 15) is 5.26 Å². The Hall–Kier alpha value is -1.60. The summed E-state index contributed by atoms with van der Waals surface area (Å²) in [5.41, 5.74) is 3.16. The Bertz CT molecular complexity index is 483. The van der Waals surface area contributed by atoms with Crippen LogP contribution in [-0.4, -0.2) is 24.1 Å². The second-order valence-corrected chi connectivity index (χ2v) is 5.14. The molecule has 0 spiro atoms. The van der Waals surface area contributed by atoms with Crippen LogP contribution in [0.25, 0.3) is 0 Å². The smallest absolute Gasteiger partial charge is 0.144 e. The van der Waals surface area contributed by atoms with Crippen LogP contribution in [0.5, 0.6) is 0 Å². The first-order valence-electron chi connectivity index (χ1n) is 6.77. The highest BCUT2D eigenvalue weighted by Gasteiger charge is 2.19. The molecule has 4 nitrogen and oxygen atoms in total. The fourth-order valence-electron chi connectivity index (χ4n) is 2.80. The minimum Gasteiger partial charge on any atom is -0.365 e. The van der Waals surface area contributed by atoms with E-state index < -0.39 is 0 Å². The first kappa shape index (κ1) is 11.5. The molecule has 18 heavy (non-hydrogen) atoms. The molecule has 2 N–H and O–H groups in total. The summed E-state index contributed by atoms with van der Waals surface area (Å²) < 4.78 is 0. The summed E-state index contributed by atoms with van der Waals surface area (Å²) in [4.78, 5) is 4.69. The van der Waals surface area contributed by atoms with Gasteiger partial charge in [-0.1, -0.05) is 0 Å². The Morgan fingerprint density at radius 2 is 2.28 bits per heavy atom. The number of aromatic nitrogens is 1. The lowest BCUT2D eigenvalue weighted by molar-refractivity contribution is 0.666. The zero-order valence-electron chi connectivity index (χ0n) is 10.5. The van der Waals surface area contributed by atoms with E-state index in [1.807, 2.05) is 6.07 Å². The molecule has 1 aromatic heterocycles. The van der Waals surface area contributed by atoms with Crippen molar-refractivity contribution in [2.45, 2.75) is 38.1 Å². The van der Waals surface area contributed by atoms with Gasteiger partial charge in [0.15, 0.2) is 0 Å². The summed E-state index contributed by atoms with van der Waals surface area (Å²) in [6.45, 7) is 2.01. The number of rotatable bonds is 2. The van der Waals surface area contributed by atoms with Gasteiger partial charge in [0.25, 0.3) is 0 Å². The van der Waals surface area contributed by atoms with Crippen molar-refractivity contribution >= 4 is 5.82 Å². The molecule has 1 saturated heterocycles. The maximum absolute atomic E-state index is 9.25. The Labute approximate surface area is 107 Å². The van der Waals surface area contributed by atoms with Crippen molar-refractivity contribution < 1.29 is 0 Å². The first-order valence-corrected chi connectivity index (χ1v) is 6.77. The maximum atomic E-state index is 9.25. The van der Waals surface area contributed by atoms with Crippen LogP contribution < -0.4 is 10.6 Å². The summed E-state index contributed by atoms with van der Waals surface area (Å²) in [6, 6.07) is 4.72. The Balaban J connectivity index is 1.89. The molecule has 0 radical (unpaired) electrons. The van der Waals surface area contributed by atoms with Gasteiger partial charge in [-0.05, 0) is 50.3 Å². The molecule has 2 aliphatic rings. The van der Waals surface area contributed by atoms with E-state index in [2.05, 4.69) is 21.7 Å². The average molecular weight is 242 g/mol. The molecule has 1 unspecified atom stereocenters. The highest BCUT2D eigenvalue weighted by atomic mass is 15.1. The lowest BCUT2D eigenvalue weighted by Gasteiger charge is -2.19. The molecule has 1 aliphatic heterocycles. The molecular formula is C14H18N4. The van der Waals surface area contributed by atoms with Gasteiger partial charge in [-0.3, -0.25) is 0 Å². The van der Waals surface area contributed by atoms with Gasteiger partial charge < -0.3 is 10.6 Å². The van der Waals surface area contributed by atoms with Crippen LogP contribution in [0.4, 0.5) is 5.82 Å². The van der Waals surface area contributed by atoms with Gasteiger partial charge in [0.1, 0.15) is 11.9 Å². The van der Waals surface area contributed by atoms with Crippen LogP contribution in [0.1, 0.15) is 36.1 Å². The molecule has 0 aromatic carbocycles. The van der Waals surface area contributed by atoms with Crippen molar-refractivity contribution in [2.75, 3.05) is 18.4 Å². The molecular weight excluding hydrogens is 224 g/mol. The van der Waals surface area contributed by atoms with Gasteiger partial charge in [0.2, 0.25) is 0 Å². The van der Waals surface area contributed by atoms with E-state index in [-0.39, 0.29) is 0 Å². The third-order valence-electron chi connectivity index (χ3n) is 3.82. The van der Waals surface area contributed by atoms with Crippen LogP contribution in [0, 0.1) is 11.3 Å². The van der Waals surface area contributed by atoms with Crippen LogP contribution >= 0.6 is 0 Å². The molecule has 1 fully saturated rings. The van der Waals surface area contributed by atoms with Gasteiger partial charge in [0, 0.05) is 18.3 Å². The van der Waals surface area contributed by atoms with Crippen LogP contribution in [-0.2, 0) is 12.8 Å². The minimum absolute atomic E-state index is 0.409. The first-order chi connectivity index (χ1) is 8.86. The number of aryl methyl sites for hydroxylation is 2. The highest BCUT2D eigenvalue weighted by Crippen LogP contribution is 2.25. The number of nitrogens with zero attached hydrogens (tertiary/aromatic N) is 2. The number of hydrogen-bond acceptors (Lipinski definition) is 4. The standard InChI is InChI=1S/C14H18N4/c15-8-11-7-10-3-1-2-4-13(10)18-14(11)17-12-5-6-16-9-12/h7,12,16H,1-6,9H2,(H,17,18). The summed E-state index contributed by atoms with van der Waals surface area (Å²) in [7, 11) is 0. The number of hydrogen-bond donors (Lipinski definition) is 2. The van der Waals surface area contributed by atoms with Crippen molar-refractivity contribution in [1.82, 2.24) is 10.3 Å². The van der Waals surface area contributed by atoms with Crippen molar-refractivity contribution in [3.63, 3.8) is 0 Å². The van der Waals surface area contributed by atoms with Gasteiger partial charge in [-0.15, -0.1) is 0 Å². The topological polar surface area (TPSA) is 60.7 Å². The van der Waals surface area contributed by atoms with Crippen molar-refractivity contribution in [3.8, 4) is 6.07 Å². The van der Waals surface area contributed by atoms with Gasteiger partial charge in [0.05, 0.1) is 5.56 Å². The van der Waals surface area contributed by atoms with Gasteiger partial charge in [-0.2, -0.15) is 5.26 Å². The molecule has 1 atom stereocenters. The van der Waals surface area contributed by atoms with Crippen LogP contribution in [0.3, 0.4) is 0 Å². The molecule has 4 heteroatoms. The highest BCUT2D eigenvalue weighted by molar-refractivity contribution is 5.55. The molecule has 3 rings (SSSR count).